The van der Waals surface area contributed by atoms with Crippen molar-refractivity contribution in [3.05, 3.63) is 29.9 Å². The molecule has 0 radical (unpaired) electrons. The minimum absolute atomic E-state index is 0.0650. The van der Waals surface area contributed by atoms with Crippen LogP contribution < -0.4 is 5.73 Å². The van der Waals surface area contributed by atoms with E-state index in [1.54, 1.807) is 6.20 Å². The predicted molar refractivity (Wildman–Crippen MR) is 62.8 cm³/mol. The molecule has 0 spiro atoms. The van der Waals surface area contributed by atoms with Gasteiger partial charge in [-0.1, -0.05) is 13.8 Å². The zero-order valence-electron chi connectivity index (χ0n) is 9.82. The summed E-state index contributed by atoms with van der Waals surface area (Å²) in [6, 6.07) is 3.79. The predicted octanol–water partition coefficient (Wildman–Crippen LogP) is 2.63. The summed E-state index contributed by atoms with van der Waals surface area (Å²) in [5.74, 6) is 2.85. The van der Waals surface area contributed by atoms with Crippen LogP contribution in [-0.4, -0.2) is 9.97 Å². The van der Waals surface area contributed by atoms with E-state index in [0.717, 1.165) is 23.0 Å². The molecule has 0 aliphatic heterocycles. The quantitative estimate of drug-likeness (QED) is 0.833. The van der Waals surface area contributed by atoms with Crippen LogP contribution in [0.15, 0.2) is 22.7 Å². The Morgan fingerprint density at radius 3 is 2.69 bits per heavy atom. The first-order chi connectivity index (χ1) is 7.58. The second kappa shape index (κ2) is 4.14. The van der Waals surface area contributed by atoms with E-state index in [9.17, 15) is 0 Å². The van der Waals surface area contributed by atoms with E-state index in [4.69, 9.17) is 10.2 Å². The number of nitrogens with one attached hydrogen (secondary N) is 1. The Kier molecular flexibility index (Phi) is 2.83. The third kappa shape index (κ3) is 2.02. The van der Waals surface area contributed by atoms with Crippen LogP contribution in [0, 0.1) is 12.8 Å². The first-order valence-electron chi connectivity index (χ1n) is 5.45. The highest BCUT2D eigenvalue weighted by Crippen LogP contribution is 2.23. The molecule has 86 valence electrons. The van der Waals surface area contributed by atoms with Crippen LogP contribution in [-0.2, 0) is 0 Å². The molecule has 3 N–H and O–H groups in total. The SMILES string of the molecule is Cc1ccc(-c2cnc(C(N)C(C)C)[nH]2)o1. The molecule has 1 atom stereocenters. The summed E-state index contributed by atoms with van der Waals surface area (Å²) in [7, 11) is 0. The van der Waals surface area contributed by atoms with E-state index < -0.39 is 0 Å². The molecule has 0 aliphatic rings. The number of furan rings is 1. The fourth-order valence-corrected chi connectivity index (χ4v) is 1.53. The number of imidazole rings is 1. The zero-order chi connectivity index (χ0) is 11.7. The molecule has 16 heavy (non-hydrogen) atoms. The van der Waals surface area contributed by atoms with Crippen LogP contribution in [0.1, 0.15) is 31.5 Å². The van der Waals surface area contributed by atoms with Crippen molar-refractivity contribution < 1.29 is 4.42 Å². The van der Waals surface area contributed by atoms with Gasteiger partial charge in [-0.2, -0.15) is 0 Å². The highest BCUT2D eigenvalue weighted by atomic mass is 16.3. The van der Waals surface area contributed by atoms with Crippen LogP contribution in [0.25, 0.3) is 11.5 Å². The molecule has 2 heterocycles. The summed E-state index contributed by atoms with van der Waals surface area (Å²) in [6.45, 7) is 6.06. The highest BCUT2D eigenvalue weighted by molar-refractivity contribution is 5.51. The van der Waals surface area contributed by atoms with Crippen LogP contribution >= 0.6 is 0 Å². The number of hydrogen-bond acceptors (Lipinski definition) is 3. The van der Waals surface area contributed by atoms with Crippen LogP contribution in [0.4, 0.5) is 0 Å². The Hall–Kier alpha value is -1.55. The van der Waals surface area contributed by atoms with Gasteiger partial charge in [0.25, 0.3) is 0 Å². The normalized spacial score (nSPS) is 13.3. The lowest BCUT2D eigenvalue weighted by atomic mass is 10.1. The van der Waals surface area contributed by atoms with E-state index in [1.807, 2.05) is 19.1 Å². The van der Waals surface area contributed by atoms with Gasteiger partial charge in [0.2, 0.25) is 0 Å². The molecule has 2 rings (SSSR count). The Morgan fingerprint density at radius 1 is 1.38 bits per heavy atom. The van der Waals surface area contributed by atoms with Crippen molar-refractivity contribution >= 4 is 0 Å². The molecule has 0 amide bonds. The lowest BCUT2D eigenvalue weighted by Gasteiger charge is -2.11. The molecule has 4 heteroatoms. The van der Waals surface area contributed by atoms with E-state index >= 15 is 0 Å². The maximum atomic E-state index is 6.01. The first-order valence-corrected chi connectivity index (χ1v) is 5.45. The lowest BCUT2D eigenvalue weighted by Crippen LogP contribution is -2.18. The Bertz CT molecular complexity index is 470. The fraction of sp³-hybridized carbons (Fsp3) is 0.417. The summed E-state index contributed by atoms with van der Waals surface area (Å²) in [6.07, 6.45) is 1.76. The third-order valence-electron chi connectivity index (χ3n) is 2.64. The van der Waals surface area contributed by atoms with Crippen molar-refractivity contribution in [2.75, 3.05) is 0 Å². The monoisotopic (exact) mass is 219 g/mol. The van der Waals surface area contributed by atoms with E-state index in [-0.39, 0.29) is 6.04 Å². The molecule has 0 aliphatic carbocycles. The van der Waals surface area contributed by atoms with Crippen molar-refractivity contribution in [3.8, 4) is 11.5 Å². The second-order valence-electron chi connectivity index (χ2n) is 4.36. The first kappa shape index (κ1) is 11.0. The average molecular weight is 219 g/mol. The molecular formula is C12H17N3O. The minimum atomic E-state index is -0.0650. The molecule has 0 aromatic carbocycles. The van der Waals surface area contributed by atoms with E-state index in [2.05, 4.69) is 23.8 Å². The van der Waals surface area contributed by atoms with Crippen molar-refractivity contribution in [1.82, 2.24) is 9.97 Å². The van der Waals surface area contributed by atoms with Gasteiger partial charge in [0.1, 0.15) is 17.3 Å². The van der Waals surface area contributed by atoms with Crippen molar-refractivity contribution in [1.29, 1.82) is 0 Å². The highest BCUT2D eigenvalue weighted by Gasteiger charge is 2.15. The number of nitrogens with two attached hydrogens (primary N) is 1. The largest absolute Gasteiger partial charge is 0.460 e. The number of aromatic nitrogens is 2. The van der Waals surface area contributed by atoms with Gasteiger partial charge in [0, 0.05) is 0 Å². The van der Waals surface area contributed by atoms with Gasteiger partial charge in [-0.15, -0.1) is 0 Å². The van der Waals surface area contributed by atoms with Gasteiger partial charge in [-0.3, -0.25) is 0 Å². The second-order valence-corrected chi connectivity index (χ2v) is 4.36. The Balaban J connectivity index is 2.26. The molecule has 0 saturated carbocycles. The summed E-state index contributed by atoms with van der Waals surface area (Å²) in [4.78, 5) is 7.48. The summed E-state index contributed by atoms with van der Waals surface area (Å²) in [5, 5.41) is 0. The number of aryl methyl sites for hydroxylation is 1. The fourth-order valence-electron chi connectivity index (χ4n) is 1.53. The van der Waals surface area contributed by atoms with Gasteiger partial charge < -0.3 is 15.1 Å². The molecule has 0 saturated heterocycles. The molecule has 0 bridgehead atoms. The van der Waals surface area contributed by atoms with Gasteiger partial charge in [0.05, 0.1) is 12.2 Å². The molecule has 2 aromatic rings. The van der Waals surface area contributed by atoms with Crippen LogP contribution in [0.2, 0.25) is 0 Å². The number of H-pyrrole nitrogens is 1. The molecular weight excluding hydrogens is 202 g/mol. The van der Waals surface area contributed by atoms with Crippen LogP contribution in [0.5, 0.6) is 0 Å². The van der Waals surface area contributed by atoms with Gasteiger partial charge in [0.15, 0.2) is 5.76 Å². The number of hydrogen-bond donors (Lipinski definition) is 2. The average Bonchev–Trinajstić information content (AvgIpc) is 2.84. The summed E-state index contributed by atoms with van der Waals surface area (Å²) in [5.41, 5.74) is 6.88. The lowest BCUT2D eigenvalue weighted by molar-refractivity contribution is 0.493. The zero-order valence-corrected chi connectivity index (χ0v) is 9.82. The topological polar surface area (TPSA) is 67.8 Å². The van der Waals surface area contributed by atoms with E-state index in [1.165, 1.54) is 0 Å². The van der Waals surface area contributed by atoms with Gasteiger partial charge in [-0.25, -0.2) is 4.98 Å². The maximum Gasteiger partial charge on any atom is 0.152 e. The van der Waals surface area contributed by atoms with Gasteiger partial charge in [-0.05, 0) is 25.0 Å². The summed E-state index contributed by atoms with van der Waals surface area (Å²) < 4.78 is 5.51. The van der Waals surface area contributed by atoms with E-state index in [0.29, 0.717) is 5.92 Å². The third-order valence-corrected chi connectivity index (χ3v) is 2.64. The Morgan fingerprint density at radius 2 is 2.12 bits per heavy atom. The number of aromatic amines is 1. The summed E-state index contributed by atoms with van der Waals surface area (Å²) >= 11 is 0. The van der Waals surface area contributed by atoms with Crippen molar-refractivity contribution in [2.45, 2.75) is 26.8 Å². The van der Waals surface area contributed by atoms with Crippen molar-refractivity contribution in [2.24, 2.45) is 11.7 Å². The molecule has 0 fully saturated rings. The van der Waals surface area contributed by atoms with Gasteiger partial charge >= 0.3 is 0 Å². The standard InChI is InChI=1S/C12H17N3O/c1-7(2)11(13)12-14-6-9(15-12)10-5-4-8(3)16-10/h4-7,11H,13H2,1-3H3,(H,14,15). The van der Waals surface area contributed by atoms with Crippen molar-refractivity contribution in [3.63, 3.8) is 0 Å². The Labute approximate surface area is 94.9 Å². The minimum Gasteiger partial charge on any atom is -0.460 e. The van der Waals surface area contributed by atoms with Crippen LogP contribution in [0.3, 0.4) is 0 Å². The number of nitrogens with zero attached hydrogens (tertiary/aromatic N) is 1. The maximum absolute atomic E-state index is 6.01. The smallest absolute Gasteiger partial charge is 0.152 e. The molecule has 2 aromatic heterocycles. The number of rotatable bonds is 3. The molecule has 1 unspecified atom stereocenters. The molecule has 4 nitrogen and oxygen atoms in total.